The lowest BCUT2D eigenvalue weighted by Crippen LogP contribution is -2.42. The molecule has 0 aromatic heterocycles. The average Bonchev–Trinajstić information content (AvgIpc) is 3.14. The second-order valence-electron chi connectivity index (χ2n) is 7.26. The Kier molecular flexibility index (Phi) is 6.31. The number of hydrogen-bond acceptors (Lipinski definition) is 3. The number of ether oxygens (including phenoxy) is 1. The molecule has 1 rings (SSSR count). The summed E-state index contributed by atoms with van der Waals surface area (Å²) in [5.74, 6) is 0.736. The SMILES string of the molecule is CCCCC(CO)(CNC(=O)OC(C)(C)C)CC1CC1. The molecule has 0 saturated heterocycles. The first-order valence-electron chi connectivity index (χ1n) is 7.88. The monoisotopic (exact) mass is 285 g/mol. The van der Waals surface area contributed by atoms with E-state index in [1.807, 2.05) is 20.8 Å². The number of rotatable bonds is 8. The first-order valence-corrected chi connectivity index (χ1v) is 7.88. The maximum Gasteiger partial charge on any atom is 0.407 e. The van der Waals surface area contributed by atoms with E-state index < -0.39 is 5.60 Å². The Morgan fingerprint density at radius 2 is 2.00 bits per heavy atom. The highest BCUT2D eigenvalue weighted by molar-refractivity contribution is 5.67. The molecule has 0 radical (unpaired) electrons. The summed E-state index contributed by atoms with van der Waals surface area (Å²) in [6.45, 7) is 8.36. The van der Waals surface area contributed by atoms with Gasteiger partial charge in [0, 0.05) is 12.0 Å². The third-order valence-corrected chi connectivity index (χ3v) is 3.82. The number of carbonyl (C=O) groups is 1. The number of aliphatic hydroxyl groups is 1. The summed E-state index contributed by atoms with van der Waals surface area (Å²) in [5.41, 5.74) is -0.653. The minimum Gasteiger partial charge on any atom is -0.444 e. The van der Waals surface area contributed by atoms with Gasteiger partial charge in [0.15, 0.2) is 0 Å². The fourth-order valence-electron chi connectivity index (χ4n) is 2.52. The molecule has 1 unspecified atom stereocenters. The van der Waals surface area contributed by atoms with Gasteiger partial charge in [0.25, 0.3) is 0 Å². The van der Waals surface area contributed by atoms with Crippen LogP contribution < -0.4 is 5.32 Å². The van der Waals surface area contributed by atoms with Gasteiger partial charge in [-0.25, -0.2) is 4.79 Å². The zero-order valence-corrected chi connectivity index (χ0v) is 13.5. The molecule has 0 heterocycles. The largest absolute Gasteiger partial charge is 0.444 e. The number of amides is 1. The third kappa shape index (κ3) is 6.60. The fourth-order valence-corrected chi connectivity index (χ4v) is 2.52. The lowest BCUT2D eigenvalue weighted by molar-refractivity contribution is 0.0434. The Balaban J connectivity index is 2.51. The fraction of sp³-hybridized carbons (Fsp3) is 0.938. The van der Waals surface area contributed by atoms with E-state index >= 15 is 0 Å². The highest BCUT2D eigenvalue weighted by Crippen LogP contribution is 2.42. The number of unbranched alkanes of at least 4 members (excludes halogenated alkanes) is 1. The van der Waals surface area contributed by atoms with Crippen LogP contribution in [0.3, 0.4) is 0 Å². The number of aliphatic hydroxyl groups excluding tert-OH is 1. The Morgan fingerprint density at radius 1 is 1.35 bits per heavy atom. The van der Waals surface area contributed by atoms with Crippen molar-refractivity contribution < 1.29 is 14.6 Å². The lowest BCUT2D eigenvalue weighted by atomic mass is 9.78. The zero-order valence-electron chi connectivity index (χ0n) is 13.5. The van der Waals surface area contributed by atoms with Gasteiger partial charge in [0.2, 0.25) is 0 Å². The maximum atomic E-state index is 11.8. The number of nitrogens with one attached hydrogen (secondary N) is 1. The van der Waals surface area contributed by atoms with Crippen molar-refractivity contribution in [3.05, 3.63) is 0 Å². The molecule has 1 aliphatic carbocycles. The summed E-state index contributed by atoms with van der Waals surface area (Å²) in [6.07, 6.45) is 6.32. The van der Waals surface area contributed by atoms with E-state index in [2.05, 4.69) is 12.2 Å². The molecule has 20 heavy (non-hydrogen) atoms. The standard InChI is InChI=1S/C16H31NO3/c1-5-6-9-16(12-18,10-13-7-8-13)11-17-14(19)20-15(2,3)4/h13,18H,5-12H2,1-4H3,(H,17,19). The molecule has 0 bridgehead atoms. The van der Waals surface area contributed by atoms with Crippen LogP contribution >= 0.6 is 0 Å². The number of alkyl carbamates (subject to hydrolysis) is 1. The molecule has 4 nitrogen and oxygen atoms in total. The molecule has 1 fully saturated rings. The second kappa shape index (κ2) is 7.30. The summed E-state index contributed by atoms with van der Waals surface area (Å²) in [7, 11) is 0. The average molecular weight is 285 g/mol. The van der Waals surface area contributed by atoms with Crippen molar-refractivity contribution >= 4 is 6.09 Å². The highest BCUT2D eigenvalue weighted by Gasteiger charge is 2.36. The smallest absolute Gasteiger partial charge is 0.407 e. The zero-order chi connectivity index (χ0) is 15.2. The topological polar surface area (TPSA) is 58.6 Å². The Hall–Kier alpha value is -0.770. The molecule has 1 saturated carbocycles. The van der Waals surface area contributed by atoms with Crippen LogP contribution in [0.15, 0.2) is 0 Å². The summed E-state index contributed by atoms with van der Waals surface area (Å²) < 4.78 is 5.27. The second-order valence-corrected chi connectivity index (χ2v) is 7.26. The van der Waals surface area contributed by atoms with Crippen molar-refractivity contribution in [2.45, 2.75) is 71.8 Å². The molecule has 1 atom stereocenters. The van der Waals surface area contributed by atoms with Gasteiger partial charge >= 0.3 is 6.09 Å². The van der Waals surface area contributed by atoms with E-state index in [0.29, 0.717) is 6.54 Å². The predicted octanol–water partition coefficient (Wildman–Crippen LogP) is 3.48. The molecular formula is C16H31NO3. The molecule has 2 N–H and O–H groups in total. The molecule has 4 heteroatoms. The van der Waals surface area contributed by atoms with Gasteiger partial charge in [-0.05, 0) is 39.5 Å². The molecule has 118 valence electrons. The minimum absolute atomic E-state index is 0.138. The van der Waals surface area contributed by atoms with Crippen molar-refractivity contribution in [2.24, 2.45) is 11.3 Å². The van der Waals surface area contributed by atoms with Gasteiger partial charge in [-0.2, -0.15) is 0 Å². The summed E-state index contributed by atoms with van der Waals surface area (Å²) in [5, 5.41) is 12.7. The van der Waals surface area contributed by atoms with Crippen LogP contribution in [0.5, 0.6) is 0 Å². The van der Waals surface area contributed by atoms with Crippen molar-refractivity contribution in [1.29, 1.82) is 0 Å². The van der Waals surface area contributed by atoms with Crippen molar-refractivity contribution in [3.63, 3.8) is 0 Å². The molecule has 0 aliphatic heterocycles. The van der Waals surface area contributed by atoms with Gasteiger partial charge in [-0.15, -0.1) is 0 Å². The number of hydrogen-bond donors (Lipinski definition) is 2. The van der Waals surface area contributed by atoms with Gasteiger partial charge in [0.05, 0.1) is 6.61 Å². The molecule has 0 spiro atoms. The van der Waals surface area contributed by atoms with Crippen LogP contribution in [0, 0.1) is 11.3 Å². The van der Waals surface area contributed by atoms with Crippen molar-refractivity contribution in [3.8, 4) is 0 Å². The van der Waals surface area contributed by atoms with Crippen LogP contribution in [0.4, 0.5) is 4.79 Å². The van der Waals surface area contributed by atoms with Crippen LogP contribution in [-0.4, -0.2) is 30.0 Å². The van der Waals surface area contributed by atoms with E-state index in [1.54, 1.807) is 0 Å². The van der Waals surface area contributed by atoms with E-state index in [4.69, 9.17) is 4.74 Å². The third-order valence-electron chi connectivity index (χ3n) is 3.82. The van der Waals surface area contributed by atoms with Crippen LogP contribution in [0.25, 0.3) is 0 Å². The minimum atomic E-state index is -0.480. The molecule has 1 aliphatic rings. The normalized spacial score (nSPS) is 18.4. The van der Waals surface area contributed by atoms with E-state index in [9.17, 15) is 9.90 Å². The molecular weight excluding hydrogens is 254 g/mol. The first-order chi connectivity index (χ1) is 9.30. The predicted molar refractivity (Wildman–Crippen MR) is 80.6 cm³/mol. The molecule has 1 amide bonds. The van der Waals surface area contributed by atoms with Gasteiger partial charge in [0.1, 0.15) is 5.60 Å². The summed E-state index contributed by atoms with van der Waals surface area (Å²) in [6, 6.07) is 0. The van der Waals surface area contributed by atoms with Gasteiger partial charge < -0.3 is 15.2 Å². The maximum absolute atomic E-state index is 11.8. The quantitative estimate of drug-likeness (QED) is 0.718. The van der Waals surface area contributed by atoms with E-state index in [-0.39, 0.29) is 18.1 Å². The van der Waals surface area contributed by atoms with Crippen LogP contribution in [0.2, 0.25) is 0 Å². The lowest BCUT2D eigenvalue weighted by Gasteiger charge is -2.33. The Morgan fingerprint density at radius 3 is 2.45 bits per heavy atom. The van der Waals surface area contributed by atoms with Crippen LogP contribution in [0.1, 0.15) is 66.2 Å². The summed E-state index contributed by atoms with van der Waals surface area (Å²) in [4.78, 5) is 11.8. The van der Waals surface area contributed by atoms with Crippen molar-refractivity contribution in [2.75, 3.05) is 13.2 Å². The van der Waals surface area contributed by atoms with E-state index in [0.717, 1.165) is 31.6 Å². The van der Waals surface area contributed by atoms with E-state index in [1.165, 1.54) is 12.8 Å². The number of carbonyl (C=O) groups excluding carboxylic acids is 1. The summed E-state index contributed by atoms with van der Waals surface area (Å²) >= 11 is 0. The van der Waals surface area contributed by atoms with Gasteiger partial charge in [-0.1, -0.05) is 32.6 Å². The van der Waals surface area contributed by atoms with Gasteiger partial charge in [-0.3, -0.25) is 0 Å². The first kappa shape index (κ1) is 17.3. The molecule has 0 aromatic rings. The van der Waals surface area contributed by atoms with Crippen molar-refractivity contribution in [1.82, 2.24) is 5.32 Å². The van der Waals surface area contributed by atoms with Crippen LogP contribution in [-0.2, 0) is 4.74 Å². The highest BCUT2D eigenvalue weighted by atomic mass is 16.6. The Labute approximate surface area is 123 Å². The molecule has 0 aromatic carbocycles. The Bertz CT molecular complexity index is 307.